The predicted octanol–water partition coefficient (Wildman–Crippen LogP) is 1.80. The van der Waals surface area contributed by atoms with Crippen LogP contribution in [-0.4, -0.2) is 9.91 Å². The first-order valence-corrected chi connectivity index (χ1v) is 3.40. The third-order valence-electron chi connectivity index (χ3n) is 1.42. The SMILES string of the molecule is N#Cc1ccc([N+](=O)[O-])nc1C(F)F. The summed E-state index contributed by atoms with van der Waals surface area (Å²) >= 11 is 0. The fourth-order valence-electron chi connectivity index (χ4n) is 0.827. The Balaban J connectivity index is 3.29. The lowest BCUT2D eigenvalue weighted by Crippen LogP contribution is -1.99. The highest BCUT2D eigenvalue weighted by atomic mass is 19.3. The maximum Gasteiger partial charge on any atom is 0.364 e. The van der Waals surface area contributed by atoms with E-state index in [1.54, 1.807) is 0 Å². The molecule has 0 fully saturated rings. The van der Waals surface area contributed by atoms with E-state index in [4.69, 9.17) is 5.26 Å². The van der Waals surface area contributed by atoms with Crippen LogP contribution in [0.15, 0.2) is 12.1 Å². The minimum absolute atomic E-state index is 0.356. The Morgan fingerprint density at radius 2 is 2.21 bits per heavy atom. The molecule has 1 aromatic heterocycles. The van der Waals surface area contributed by atoms with Crippen LogP contribution in [0.25, 0.3) is 0 Å². The van der Waals surface area contributed by atoms with Gasteiger partial charge in [-0.3, -0.25) is 0 Å². The predicted molar refractivity (Wildman–Crippen MR) is 40.6 cm³/mol. The first-order valence-electron chi connectivity index (χ1n) is 3.40. The van der Waals surface area contributed by atoms with Gasteiger partial charge in [-0.2, -0.15) is 5.26 Å². The van der Waals surface area contributed by atoms with Gasteiger partial charge in [-0.25, -0.2) is 8.78 Å². The lowest BCUT2D eigenvalue weighted by atomic mass is 10.2. The molecule has 1 heterocycles. The fourth-order valence-corrected chi connectivity index (χ4v) is 0.827. The van der Waals surface area contributed by atoms with Crippen molar-refractivity contribution in [2.45, 2.75) is 6.43 Å². The molecule has 72 valence electrons. The number of halogens is 2. The van der Waals surface area contributed by atoms with E-state index >= 15 is 0 Å². The van der Waals surface area contributed by atoms with E-state index < -0.39 is 22.9 Å². The van der Waals surface area contributed by atoms with Crippen molar-refractivity contribution >= 4 is 5.82 Å². The largest absolute Gasteiger partial charge is 0.364 e. The van der Waals surface area contributed by atoms with Crippen molar-refractivity contribution in [1.82, 2.24) is 4.98 Å². The Morgan fingerprint density at radius 3 is 2.64 bits per heavy atom. The number of nitro groups is 1. The average Bonchev–Trinajstić information content (AvgIpc) is 2.16. The zero-order chi connectivity index (χ0) is 10.7. The van der Waals surface area contributed by atoms with Gasteiger partial charge in [0.2, 0.25) is 5.69 Å². The lowest BCUT2D eigenvalue weighted by Gasteiger charge is -1.97. The van der Waals surface area contributed by atoms with Crippen LogP contribution in [-0.2, 0) is 0 Å². The first-order chi connectivity index (χ1) is 6.56. The summed E-state index contributed by atoms with van der Waals surface area (Å²) < 4.78 is 24.4. The van der Waals surface area contributed by atoms with Gasteiger partial charge < -0.3 is 10.1 Å². The van der Waals surface area contributed by atoms with Crippen LogP contribution >= 0.6 is 0 Å². The minimum Gasteiger partial charge on any atom is -0.358 e. The molecule has 1 rings (SSSR count). The van der Waals surface area contributed by atoms with Crippen molar-refractivity contribution < 1.29 is 13.7 Å². The molecular weight excluding hydrogens is 196 g/mol. The van der Waals surface area contributed by atoms with Crippen LogP contribution in [0.2, 0.25) is 0 Å². The second-order valence-electron chi connectivity index (χ2n) is 2.27. The molecule has 7 heteroatoms. The number of nitriles is 1. The molecule has 0 saturated carbocycles. The van der Waals surface area contributed by atoms with Gasteiger partial charge in [-0.1, -0.05) is 0 Å². The Bertz CT molecular complexity index is 414. The molecule has 0 aromatic carbocycles. The zero-order valence-electron chi connectivity index (χ0n) is 6.65. The molecule has 0 N–H and O–H groups in total. The third kappa shape index (κ3) is 1.80. The Hall–Kier alpha value is -2.10. The number of hydrogen-bond donors (Lipinski definition) is 0. The molecule has 1 aromatic rings. The number of alkyl halides is 2. The van der Waals surface area contributed by atoms with Gasteiger partial charge in [0.1, 0.15) is 11.6 Å². The van der Waals surface area contributed by atoms with E-state index in [-0.39, 0.29) is 5.56 Å². The normalized spacial score (nSPS) is 9.86. The van der Waals surface area contributed by atoms with E-state index in [1.807, 2.05) is 0 Å². The summed E-state index contributed by atoms with van der Waals surface area (Å²) in [7, 11) is 0. The van der Waals surface area contributed by atoms with Gasteiger partial charge in [0.05, 0.1) is 0 Å². The maximum absolute atomic E-state index is 12.2. The molecule has 0 aliphatic carbocycles. The van der Waals surface area contributed by atoms with Gasteiger partial charge >= 0.3 is 12.2 Å². The number of pyridine rings is 1. The number of hydrogen-bond acceptors (Lipinski definition) is 4. The molecule has 0 bridgehead atoms. The molecule has 0 unspecified atom stereocenters. The smallest absolute Gasteiger partial charge is 0.358 e. The lowest BCUT2D eigenvalue weighted by molar-refractivity contribution is -0.389. The van der Waals surface area contributed by atoms with E-state index in [9.17, 15) is 18.9 Å². The summed E-state index contributed by atoms with van der Waals surface area (Å²) in [5.74, 6) is -0.695. The molecule has 0 aliphatic heterocycles. The fraction of sp³-hybridized carbons (Fsp3) is 0.143. The maximum atomic E-state index is 12.2. The highest BCUT2D eigenvalue weighted by Crippen LogP contribution is 2.22. The van der Waals surface area contributed by atoms with Crippen LogP contribution in [0.3, 0.4) is 0 Å². The van der Waals surface area contributed by atoms with E-state index in [2.05, 4.69) is 4.98 Å². The molecule has 5 nitrogen and oxygen atoms in total. The Morgan fingerprint density at radius 1 is 1.57 bits per heavy atom. The number of aromatic nitrogens is 1. The second kappa shape index (κ2) is 3.74. The average molecular weight is 199 g/mol. The molecule has 0 radical (unpaired) electrons. The summed E-state index contributed by atoms with van der Waals surface area (Å²) in [4.78, 5) is 12.4. The zero-order valence-corrected chi connectivity index (χ0v) is 6.65. The minimum atomic E-state index is -3.00. The van der Waals surface area contributed by atoms with Crippen molar-refractivity contribution in [3.05, 3.63) is 33.5 Å². The van der Waals surface area contributed by atoms with Crippen LogP contribution in [0, 0.1) is 21.4 Å². The van der Waals surface area contributed by atoms with Crippen LogP contribution in [0.4, 0.5) is 14.6 Å². The summed E-state index contributed by atoms with van der Waals surface area (Å²) in [5.41, 5.74) is -1.22. The number of rotatable bonds is 2. The molecule has 0 saturated heterocycles. The third-order valence-corrected chi connectivity index (χ3v) is 1.42. The van der Waals surface area contributed by atoms with Gasteiger partial charge in [-0.15, -0.1) is 0 Å². The molecule has 14 heavy (non-hydrogen) atoms. The van der Waals surface area contributed by atoms with Gasteiger partial charge in [0.25, 0.3) is 0 Å². The Labute approximate surface area is 76.8 Å². The van der Waals surface area contributed by atoms with Crippen LogP contribution in [0.5, 0.6) is 0 Å². The molecular formula is C7H3F2N3O2. The standard InChI is InChI=1S/C7H3F2N3O2/c8-7(9)6-4(3-10)1-2-5(11-6)12(13)14/h1-2,7H. The first kappa shape index (κ1) is 9.98. The van der Waals surface area contributed by atoms with E-state index in [0.717, 1.165) is 12.1 Å². The van der Waals surface area contributed by atoms with Crippen LogP contribution < -0.4 is 0 Å². The molecule has 0 amide bonds. The quantitative estimate of drug-likeness (QED) is 0.537. The van der Waals surface area contributed by atoms with E-state index in [0.29, 0.717) is 0 Å². The summed E-state index contributed by atoms with van der Waals surface area (Å²) in [6.07, 6.45) is -3.00. The Kier molecular flexibility index (Phi) is 2.67. The van der Waals surface area contributed by atoms with Crippen molar-refractivity contribution in [1.29, 1.82) is 5.26 Å². The highest BCUT2D eigenvalue weighted by molar-refractivity contribution is 5.38. The highest BCUT2D eigenvalue weighted by Gasteiger charge is 2.23. The second-order valence-corrected chi connectivity index (χ2v) is 2.27. The van der Waals surface area contributed by atoms with E-state index in [1.165, 1.54) is 6.07 Å². The van der Waals surface area contributed by atoms with Gasteiger partial charge in [0.15, 0.2) is 0 Å². The van der Waals surface area contributed by atoms with Crippen molar-refractivity contribution in [3.63, 3.8) is 0 Å². The van der Waals surface area contributed by atoms with Crippen molar-refractivity contribution in [2.75, 3.05) is 0 Å². The summed E-state index contributed by atoms with van der Waals surface area (Å²) in [6.45, 7) is 0. The number of nitrogens with zero attached hydrogens (tertiary/aromatic N) is 3. The monoisotopic (exact) mass is 199 g/mol. The van der Waals surface area contributed by atoms with Gasteiger partial charge in [0, 0.05) is 6.07 Å². The van der Waals surface area contributed by atoms with Crippen molar-refractivity contribution in [2.24, 2.45) is 0 Å². The van der Waals surface area contributed by atoms with Crippen molar-refractivity contribution in [3.8, 4) is 6.07 Å². The molecule has 0 spiro atoms. The van der Waals surface area contributed by atoms with Gasteiger partial charge in [-0.05, 0) is 16.0 Å². The summed E-state index contributed by atoms with van der Waals surface area (Å²) in [5, 5.41) is 18.6. The topological polar surface area (TPSA) is 79.8 Å². The summed E-state index contributed by atoms with van der Waals surface area (Å²) in [6, 6.07) is 3.34. The molecule has 0 atom stereocenters. The molecule has 0 aliphatic rings. The van der Waals surface area contributed by atoms with Crippen LogP contribution in [0.1, 0.15) is 17.7 Å².